The van der Waals surface area contributed by atoms with Crippen molar-refractivity contribution in [2.45, 2.75) is 24.6 Å². The second kappa shape index (κ2) is 5.71. The minimum Gasteiger partial charge on any atom is -0.480 e. The van der Waals surface area contributed by atoms with Crippen molar-refractivity contribution in [1.82, 2.24) is 10.6 Å². The zero-order valence-electron chi connectivity index (χ0n) is 8.98. The minimum absolute atomic E-state index is 0.124. The van der Waals surface area contributed by atoms with E-state index in [9.17, 15) is 14.4 Å². The number of nitrogens with one attached hydrogen (secondary N) is 2. The summed E-state index contributed by atoms with van der Waals surface area (Å²) in [7, 11) is 0. The van der Waals surface area contributed by atoms with Crippen LogP contribution in [0.4, 0.5) is 4.79 Å². The second-order valence-corrected chi connectivity index (χ2v) is 4.85. The van der Waals surface area contributed by atoms with E-state index < -0.39 is 22.8 Å². The summed E-state index contributed by atoms with van der Waals surface area (Å²) in [5, 5.41) is 12.6. The fourth-order valence-electron chi connectivity index (χ4n) is 0.678. The van der Waals surface area contributed by atoms with Gasteiger partial charge in [0.05, 0.1) is 6.54 Å². The minimum atomic E-state index is -1.02. The van der Waals surface area contributed by atoms with Crippen LogP contribution in [-0.2, 0) is 9.59 Å². The largest absolute Gasteiger partial charge is 0.480 e. The molecule has 0 saturated carbocycles. The first-order valence-corrected chi connectivity index (χ1v) is 4.87. The summed E-state index contributed by atoms with van der Waals surface area (Å²) in [5.74, 6) is -1.28. The zero-order chi connectivity index (χ0) is 12.9. The lowest BCUT2D eigenvalue weighted by molar-refractivity contribution is -0.139. The smallest absolute Gasteiger partial charge is 0.321 e. The molecule has 1 rings (SSSR count). The summed E-state index contributed by atoms with van der Waals surface area (Å²) in [4.78, 5) is 30.2. The van der Waals surface area contributed by atoms with E-state index >= 15 is 0 Å². The molecule has 1 fully saturated rings. The molecule has 92 valence electrons. The molecule has 0 bridgehead atoms. The van der Waals surface area contributed by atoms with Crippen LogP contribution in [0, 0.1) is 0 Å². The van der Waals surface area contributed by atoms with Crippen molar-refractivity contribution >= 4 is 30.5 Å². The summed E-state index contributed by atoms with van der Waals surface area (Å²) in [6.45, 7) is 3.45. The number of carboxylic acid groups (broad SMARTS) is 1. The maximum Gasteiger partial charge on any atom is 0.321 e. The van der Waals surface area contributed by atoms with E-state index in [0.717, 1.165) is 0 Å². The van der Waals surface area contributed by atoms with Crippen LogP contribution in [0.25, 0.3) is 0 Å². The van der Waals surface area contributed by atoms with Crippen molar-refractivity contribution in [3.05, 3.63) is 0 Å². The van der Waals surface area contributed by atoms with Crippen molar-refractivity contribution < 1.29 is 19.5 Å². The molecule has 0 aromatic carbocycles. The average molecular weight is 249 g/mol. The van der Waals surface area contributed by atoms with Crippen LogP contribution in [0.15, 0.2) is 0 Å². The Balaban J connectivity index is 0.000000288. The summed E-state index contributed by atoms with van der Waals surface area (Å²) in [6, 6.07) is -1.30. The number of amides is 3. The van der Waals surface area contributed by atoms with Crippen LogP contribution in [0.1, 0.15) is 13.8 Å². The van der Waals surface area contributed by atoms with E-state index in [4.69, 9.17) is 10.8 Å². The number of nitrogens with two attached hydrogens (primary N) is 1. The molecule has 16 heavy (non-hydrogen) atoms. The lowest BCUT2D eigenvalue weighted by Crippen LogP contribution is -2.45. The Morgan fingerprint density at radius 3 is 2.12 bits per heavy atom. The highest BCUT2D eigenvalue weighted by Gasteiger charge is 2.27. The van der Waals surface area contributed by atoms with Gasteiger partial charge in [0.25, 0.3) is 0 Å². The number of hydrogen-bond donors (Lipinski definition) is 5. The van der Waals surface area contributed by atoms with Gasteiger partial charge in [0.15, 0.2) is 0 Å². The fourth-order valence-corrected chi connectivity index (χ4v) is 0.788. The monoisotopic (exact) mass is 249 g/mol. The number of carboxylic acids is 1. The molecular weight excluding hydrogens is 234 g/mol. The standard InChI is InChI=1S/C5H11NO2S.C3H4N2O2/c1-5(2,9)3(6)4(7)8;6-2-1-4-3(7)5-2/h3,9H,6H2,1-2H3,(H,7,8);1H2,(H2,4,5,6,7). The normalized spacial score (nSPS) is 16.8. The summed E-state index contributed by atoms with van der Waals surface area (Å²) in [6.07, 6.45) is 0. The predicted molar refractivity (Wildman–Crippen MR) is 60.2 cm³/mol. The molecule has 1 aliphatic rings. The van der Waals surface area contributed by atoms with E-state index in [1.165, 1.54) is 0 Å². The van der Waals surface area contributed by atoms with E-state index in [-0.39, 0.29) is 12.5 Å². The molecular formula is C8H15N3O4S. The Morgan fingerprint density at radius 2 is 2.06 bits per heavy atom. The van der Waals surface area contributed by atoms with Gasteiger partial charge < -0.3 is 16.2 Å². The van der Waals surface area contributed by atoms with Crippen molar-refractivity contribution in [2.24, 2.45) is 5.73 Å². The lowest BCUT2D eigenvalue weighted by atomic mass is 10.1. The van der Waals surface area contributed by atoms with Gasteiger partial charge in [-0.2, -0.15) is 12.6 Å². The van der Waals surface area contributed by atoms with Gasteiger partial charge in [-0.15, -0.1) is 0 Å². The molecule has 1 aliphatic heterocycles. The van der Waals surface area contributed by atoms with Gasteiger partial charge in [0, 0.05) is 4.75 Å². The Labute approximate surface area is 98.2 Å². The highest BCUT2D eigenvalue weighted by Crippen LogP contribution is 2.15. The van der Waals surface area contributed by atoms with Gasteiger partial charge in [-0.1, -0.05) is 0 Å². The van der Waals surface area contributed by atoms with Crippen molar-refractivity contribution in [3.8, 4) is 0 Å². The van der Waals surface area contributed by atoms with Crippen LogP contribution >= 0.6 is 12.6 Å². The van der Waals surface area contributed by atoms with Gasteiger partial charge in [-0.25, -0.2) is 4.79 Å². The average Bonchev–Trinajstić information content (AvgIpc) is 2.48. The molecule has 3 amide bonds. The molecule has 1 saturated heterocycles. The number of imide groups is 1. The number of urea groups is 1. The van der Waals surface area contributed by atoms with Crippen LogP contribution in [0.5, 0.6) is 0 Å². The Hall–Kier alpha value is -1.28. The SMILES string of the molecule is CC(C)(S)C(N)C(=O)O.O=C1CNC(=O)N1. The maximum absolute atomic E-state index is 10.2. The quantitative estimate of drug-likeness (QED) is 0.315. The predicted octanol–water partition coefficient (Wildman–Crippen LogP) is -1.07. The second-order valence-electron chi connectivity index (χ2n) is 3.70. The number of hydrogen-bond acceptors (Lipinski definition) is 5. The number of rotatable bonds is 2. The summed E-state index contributed by atoms with van der Waals surface area (Å²) < 4.78 is -0.647. The zero-order valence-corrected chi connectivity index (χ0v) is 9.88. The lowest BCUT2D eigenvalue weighted by Gasteiger charge is -2.21. The van der Waals surface area contributed by atoms with E-state index in [1.54, 1.807) is 13.8 Å². The highest BCUT2D eigenvalue weighted by atomic mass is 32.1. The molecule has 7 nitrogen and oxygen atoms in total. The Morgan fingerprint density at radius 1 is 1.56 bits per heavy atom. The first-order valence-electron chi connectivity index (χ1n) is 4.43. The third-order valence-corrected chi connectivity index (χ3v) is 1.97. The molecule has 0 aliphatic carbocycles. The molecule has 1 atom stereocenters. The van der Waals surface area contributed by atoms with Crippen LogP contribution in [0.2, 0.25) is 0 Å². The van der Waals surface area contributed by atoms with E-state index in [0.29, 0.717) is 0 Å². The number of thiol groups is 1. The fraction of sp³-hybridized carbons (Fsp3) is 0.625. The van der Waals surface area contributed by atoms with E-state index in [2.05, 4.69) is 17.9 Å². The highest BCUT2D eigenvalue weighted by molar-refractivity contribution is 7.81. The molecule has 0 aromatic heterocycles. The van der Waals surface area contributed by atoms with Crippen LogP contribution < -0.4 is 16.4 Å². The Bertz CT molecular complexity index is 286. The third kappa shape index (κ3) is 5.56. The van der Waals surface area contributed by atoms with Gasteiger partial charge >= 0.3 is 12.0 Å². The molecule has 1 heterocycles. The first kappa shape index (κ1) is 14.7. The number of carbonyl (C=O) groups excluding carboxylic acids is 2. The molecule has 8 heteroatoms. The van der Waals surface area contributed by atoms with E-state index in [1.807, 2.05) is 5.32 Å². The van der Waals surface area contributed by atoms with Gasteiger partial charge in [-0.3, -0.25) is 14.9 Å². The summed E-state index contributed by atoms with van der Waals surface area (Å²) >= 11 is 3.98. The topological polar surface area (TPSA) is 122 Å². The summed E-state index contributed by atoms with van der Waals surface area (Å²) in [5.41, 5.74) is 5.22. The molecule has 0 radical (unpaired) electrons. The van der Waals surface area contributed by atoms with Crippen molar-refractivity contribution in [2.75, 3.05) is 6.54 Å². The molecule has 1 unspecified atom stereocenters. The van der Waals surface area contributed by atoms with Gasteiger partial charge in [0.2, 0.25) is 5.91 Å². The van der Waals surface area contributed by atoms with Crippen LogP contribution in [0.3, 0.4) is 0 Å². The number of aliphatic carboxylic acids is 1. The molecule has 0 aromatic rings. The first-order chi connectivity index (χ1) is 7.14. The number of carbonyl (C=O) groups is 3. The third-order valence-electron chi connectivity index (χ3n) is 1.69. The molecule has 5 N–H and O–H groups in total. The Kier molecular flexibility index (Phi) is 5.25. The van der Waals surface area contributed by atoms with Crippen molar-refractivity contribution in [3.63, 3.8) is 0 Å². The van der Waals surface area contributed by atoms with Crippen LogP contribution in [-0.4, -0.2) is 40.3 Å². The molecule has 0 spiro atoms. The van der Waals surface area contributed by atoms with Crippen molar-refractivity contribution in [1.29, 1.82) is 0 Å². The van der Waals surface area contributed by atoms with Gasteiger partial charge in [-0.05, 0) is 13.8 Å². The van der Waals surface area contributed by atoms with Gasteiger partial charge in [0.1, 0.15) is 6.04 Å². The maximum atomic E-state index is 10.2.